The molecule has 0 aromatic carbocycles. The Bertz CT molecular complexity index is 338. The van der Waals surface area contributed by atoms with Gasteiger partial charge in [0.15, 0.2) is 0 Å². The molecule has 2 N–H and O–H groups in total. The van der Waals surface area contributed by atoms with E-state index in [1.54, 1.807) is 0 Å². The molecule has 1 aliphatic carbocycles. The maximum Gasteiger partial charge on any atom is 0.408 e. The number of carbonyl (C=O) groups excluding carboxylic acids is 1. The monoisotopic (exact) mass is 253 g/mol. The molecule has 0 saturated heterocycles. The number of carboxylic acid groups (broad SMARTS) is 1. The Labute approximate surface area is 107 Å². The maximum absolute atomic E-state index is 11.3. The van der Waals surface area contributed by atoms with Crippen molar-refractivity contribution in [1.82, 2.24) is 5.32 Å². The lowest BCUT2D eigenvalue weighted by Crippen LogP contribution is -2.42. The van der Waals surface area contributed by atoms with Crippen molar-refractivity contribution < 1.29 is 19.4 Å². The minimum Gasteiger partial charge on any atom is -0.480 e. The van der Waals surface area contributed by atoms with Gasteiger partial charge in [-0.05, 0) is 31.6 Å². The van der Waals surface area contributed by atoms with Crippen LogP contribution in [0.15, 0.2) is 24.8 Å². The summed E-state index contributed by atoms with van der Waals surface area (Å²) in [7, 11) is 0. The second-order valence-corrected chi connectivity index (χ2v) is 4.28. The van der Waals surface area contributed by atoms with E-state index in [-0.39, 0.29) is 12.5 Å². The zero-order valence-corrected chi connectivity index (χ0v) is 10.3. The van der Waals surface area contributed by atoms with Crippen LogP contribution in [0.3, 0.4) is 0 Å². The lowest BCUT2D eigenvalue weighted by atomic mass is 9.90. The van der Waals surface area contributed by atoms with Gasteiger partial charge in [-0.1, -0.05) is 24.8 Å². The van der Waals surface area contributed by atoms with Gasteiger partial charge in [-0.3, -0.25) is 0 Å². The van der Waals surface area contributed by atoms with Crippen molar-refractivity contribution in [1.29, 1.82) is 0 Å². The highest BCUT2D eigenvalue weighted by Gasteiger charge is 2.24. The summed E-state index contributed by atoms with van der Waals surface area (Å²) < 4.78 is 4.71. The van der Waals surface area contributed by atoms with Gasteiger partial charge in [0, 0.05) is 0 Å². The zero-order chi connectivity index (χ0) is 13.4. The number of nitrogens with one attached hydrogen (secondary N) is 1. The Kier molecular flexibility index (Phi) is 5.97. The fraction of sp³-hybridized carbons (Fsp3) is 0.538. The van der Waals surface area contributed by atoms with Gasteiger partial charge in [0.1, 0.15) is 12.6 Å². The predicted molar refractivity (Wildman–Crippen MR) is 67.2 cm³/mol. The molecule has 100 valence electrons. The lowest BCUT2D eigenvalue weighted by molar-refractivity contribution is -0.139. The molecule has 5 heteroatoms. The Balaban J connectivity index is 2.46. The number of ether oxygens (including phenoxy) is 1. The average Bonchev–Trinajstić information content (AvgIpc) is 2.36. The van der Waals surface area contributed by atoms with E-state index in [0.29, 0.717) is 6.42 Å². The molecule has 0 radical (unpaired) electrons. The van der Waals surface area contributed by atoms with Gasteiger partial charge >= 0.3 is 12.1 Å². The molecule has 0 aliphatic heterocycles. The molecular formula is C13H19NO4. The first kappa shape index (κ1) is 14.3. The van der Waals surface area contributed by atoms with Gasteiger partial charge < -0.3 is 15.2 Å². The molecule has 18 heavy (non-hydrogen) atoms. The van der Waals surface area contributed by atoms with E-state index in [4.69, 9.17) is 9.84 Å². The lowest BCUT2D eigenvalue weighted by Gasteiger charge is -2.21. The third-order valence-corrected chi connectivity index (χ3v) is 2.81. The summed E-state index contributed by atoms with van der Waals surface area (Å²) in [5, 5.41) is 11.4. The van der Waals surface area contributed by atoms with Crippen molar-refractivity contribution in [2.75, 3.05) is 6.61 Å². The summed E-state index contributed by atoms with van der Waals surface area (Å²) >= 11 is 0. The molecule has 0 aromatic rings. The number of hydrogen-bond acceptors (Lipinski definition) is 3. The van der Waals surface area contributed by atoms with E-state index >= 15 is 0 Å². The number of carbonyl (C=O) groups is 2. The standard InChI is InChI=1S/C13H19NO4/c1-2-8-18-13(17)14-11(12(15)16)9-10-6-4-3-5-7-10/h2,4,6,10-11H,1,3,5,7-9H2,(H,14,17)(H,15,16). The van der Waals surface area contributed by atoms with E-state index in [0.717, 1.165) is 19.3 Å². The van der Waals surface area contributed by atoms with E-state index in [9.17, 15) is 9.59 Å². The first-order valence-corrected chi connectivity index (χ1v) is 6.07. The highest BCUT2D eigenvalue weighted by molar-refractivity contribution is 5.79. The third kappa shape index (κ3) is 5.03. The Morgan fingerprint density at radius 2 is 2.39 bits per heavy atom. The minimum absolute atomic E-state index is 0.0709. The molecule has 0 spiro atoms. The van der Waals surface area contributed by atoms with Crippen molar-refractivity contribution >= 4 is 12.1 Å². The largest absolute Gasteiger partial charge is 0.480 e. The number of amides is 1. The van der Waals surface area contributed by atoms with Gasteiger partial charge in [-0.2, -0.15) is 0 Å². The number of carboxylic acids is 1. The maximum atomic E-state index is 11.3. The van der Waals surface area contributed by atoms with Gasteiger partial charge in [-0.15, -0.1) is 0 Å². The van der Waals surface area contributed by atoms with Gasteiger partial charge in [0.05, 0.1) is 0 Å². The molecule has 0 aromatic heterocycles. The molecule has 1 rings (SSSR count). The smallest absolute Gasteiger partial charge is 0.408 e. The van der Waals surface area contributed by atoms with E-state index in [1.807, 2.05) is 6.08 Å². The van der Waals surface area contributed by atoms with Crippen molar-refractivity contribution in [3.63, 3.8) is 0 Å². The van der Waals surface area contributed by atoms with Crippen molar-refractivity contribution in [2.45, 2.75) is 31.7 Å². The molecule has 0 fully saturated rings. The van der Waals surface area contributed by atoms with Crippen LogP contribution in [0.1, 0.15) is 25.7 Å². The van der Waals surface area contributed by atoms with Crippen LogP contribution in [0.5, 0.6) is 0 Å². The summed E-state index contributed by atoms with van der Waals surface area (Å²) in [4.78, 5) is 22.4. The number of rotatable bonds is 6. The Morgan fingerprint density at radius 1 is 1.61 bits per heavy atom. The molecule has 5 nitrogen and oxygen atoms in total. The first-order chi connectivity index (χ1) is 8.63. The molecule has 2 atom stereocenters. The second kappa shape index (κ2) is 7.53. The molecule has 1 amide bonds. The predicted octanol–water partition coefficient (Wildman–Crippen LogP) is 2.10. The van der Waals surface area contributed by atoms with Crippen LogP contribution in [0.25, 0.3) is 0 Å². The van der Waals surface area contributed by atoms with Gasteiger partial charge in [-0.25, -0.2) is 9.59 Å². The summed E-state index contributed by atoms with van der Waals surface area (Å²) in [6.07, 6.45) is 8.26. The van der Waals surface area contributed by atoms with Gasteiger partial charge in [0.25, 0.3) is 0 Å². The van der Waals surface area contributed by atoms with Crippen LogP contribution in [-0.2, 0) is 9.53 Å². The van der Waals surface area contributed by atoms with E-state index in [1.165, 1.54) is 6.08 Å². The highest BCUT2D eigenvalue weighted by atomic mass is 16.5. The SMILES string of the molecule is C=CCOC(=O)NC(CC1C=CCCC1)C(=O)O. The minimum atomic E-state index is -1.04. The first-order valence-electron chi connectivity index (χ1n) is 6.07. The number of hydrogen-bond donors (Lipinski definition) is 2. The van der Waals surface area contributed by atoms with E-state index < -0.39 is 18.1 Å². The fourth-order valence-electron chi connectivity index (χ4n) is 1.92. The molecule has 0 bridgehead atoms. The normalized spacial score (nSPS) is 19.9. The topological polar surface area (TPSA) is 75.6 Å². The van der Waals surface area contributed by atoms with Crippen molar-refractivity contribution in [3.05, 3.63) is 24.8 Å². The van der Waals surface area contributed by atoms with Crippen LogP contribution in [0.2, 0.25) is 0 Å². The zero-order valence-electron chi connectivity index (χ0n) is 10.3. The summed E-state index contributed by atoms with van der Waals surface area (Å²) in [5.74, 6) is -0.830. The van der Waals surface area contributed by atoms with Crippen molar-refractivity contribution in [2.24, 2.45) is 5.92 Å². The van der Waals surface area contributed by atoms with Crippen LogP contribution < -0.4 is 5.32 Å². The van der Waals surface area contributed by atoms with Crippen LogP contribution in [-0.4, -0.2) is 29.8 Å². The summed E-state index contributed by atoms with van der Waals surface area (Å²) in [6, 6.07) is -0.907. The fourth-order valence-corrected chi connectivity index (χ4v) is 1.92. The number of alkyl carbamates (subject to hydrolysis) is 1. The van der Waals surface area contributed by atoms with Crippen molar-refractivity contribution in [3.8, 4) is 0 Å². The Morgan fingerprint density at radius 3 is 2.94 bits per heavy atom. The van der Waals surface area contributed by atoms with Crippen LogP contribution >= 0.6 is 0 Å². The molecule has 2 unspecified atom stereocenters. The summed E-state index contributed by atoms with van der Waals surface area (Å²) in [5.41, 5.74) is 0. The molecule has 0 saturated carbocycles. The highest BCUT2D eigenvalue weighted by Crippen LogP contribution is 2.21. The van der Waals surface area contributed by atoms with Crippen LogP contribution in [0.4, 0.5) is 4.79 Å². The molecule has 0 heterocycles. The average molecular weight is 253 g/mol. The molecular weight excluding hydrogens is 234 g/mol. The van der Waals surface area contributed by atoms with E-state index in [2.05, 4.69) is 18.0 Å². The molecule has 1 aliphatic rings. The number of allylic oxidation sites excluding steroid dienone is 2. The quantitative estimate of drug-likeness (QED) is 0.711. The Hall–Kier alpha value is -1.78. The second-order valence-electron chi connectivity index (χ2n) is 4.28. The van der Waals surface area contributed by atoms with Crippen LogP contribution in [0, 0.1) is 5.92 Å². The summed E-state index contributed by atoms with van der Waals surface area (Å²) in [6.45, 7) is 3.48. The number of aliphatic carboxylic acids is 1. The van der Waals surface area contributed by atoms with Gasteiger partial charge in [0.2, 0.25) is 0 Å². The third-order valence-electron chi connectivity index (χ3n) is 2.81.